The molecule has 4 aromatic rings. The van der Waals surface area contributed by atoms with Crippen LogP contribution < -0.4 is 10.7 Å². The fraction of sp³-hybridized carbons (Fsp3) is 0.0952. The van der Waals surface area contributed by atoms with E-state index < -0.39 is 17.6 Å². The number of hydrazone groups is 1. The summed E-state index contributed by atoms with van der Waals surface area (Å²) < 4.78 is 40.2. The van der Waals surface area contributed by atoms with E-state index in [9.17, 15) is 18.0 Å². The number of rotatable bonds is 6. The van der Waals surface area contributed by atoms with E-state index in [1.165, 1.54) is 29.7 Å². The first-order chi connectivity index (χ1) is 14.9. The molecule has 2 aromatic heterocycles. The standard InChI is InChI=1S/C21H16F3N5OS/c22-21(23,24)15-7-4-8-16(11-15)25-13-18(30)28-26-12-17-19(14-5-2-1-3-6-14)27-20-29(17)9-10-31-20/h1-12,25H,13H2,(H,28,30). The smallest absolute Gasteiger partial charge is 0.376 e. The van der Waals surface area contributed by atoms with Gasteiger partial charge in [0.25, 0.3) is 5.91 Å². The third-order valence-electron chi connectivity index (χ3n) is 4.37. The molecule has 0 saturated carbocycles. The van der Waals surface area contributed by atoms with Gasteiger partial charge in [-0.15, -0.1) is 11.3 Å². The van der Waals surface area contributed by atoms with Gasteiger partial charge in [-0.2, -0.15) is 18.3 Å². The maximum absolute atomic E-state index is 12.8. The highest BCUT2D eigenvalue weighted by Crippen LogP contribution is 2.30. The third-order valence-corrected chi connectivity index (χ3v) is 5.12. The third kappa shape index (κ3) is 4.75. The summed E-state index contributed by atoms with van der Waals surface area (Å²) in [6.45, 7) is -0.232. The van der Waals surface area contributed by atoms with Crippen LogP contribution in [0.15, 0.2) is 71.3 Å². The number of nitrogens with one attached hydrogen (secondary N) is 2. The second kappa shape index (κ2) is 8.60. The zero-order chi connectivity index (χ0) is 21.8. The highest BCUT2D eigenvalue weighted by molar-refractivity contribution is 7.15. The molecule has 10 heteroatoms. The van der Waals surface area contributed by atoms with Crippen LogP contribution >= 0.6 is 11.3 Å². The van der Waals surface area contributed by atoms with Gasteiger partial charge in [0.15, 0.2) is 4.96 Å². The normalized spacial score (nSPS) is 11.8. The quantitative estimate of drug-likeness (QED) is 0.337. The van der Waals surface area contributed by atoms with E-state index in [1.54, 1.807) is 0 Å². The minimum absolute atomic E-state index is 0.191. The van der Waals surface area contributed by atoms with Crippen LogP contribution in [-0.4, -0.2) is 28.1 Å². The second-order valence-electron chi connectivity index (χ2n) is 6.49. The molecule has 6 nitrogen and oxygen atoms in total. The van der Waals surface area contributed by atoms with Crippen LogP contribution in [0.1, 0.15) is 11.3 Å². The summed E-state index contributed by atoms with van der Waals surface area (Å²) in [4.78, 5) is 17.5. The number of aromatic nitrogens is 2. The Kier molecular flexibility index (Phi) is 5.72. The largest absolute Gasteiger partial charge is 0.416 e. The number of carbonyl (C=O) groups excluding carboxylic acids is 1. The fourth-order valence-electron chi connectivity index (χ4n) is 2.93. The van der Waals surface area contributed by atoms with Gasteiger partial charge >= 0.3 is 6.18 Å². The van der Waals surface area contributed by atoms with E-state index >= 15 is 0 Å². The number of fused-ring (bicyclic) bond motifs is 1. The van der Waals surface area contributed by atoms with Crippen LogP contribution in [0.5, 0.6) is 0 Å². The maximum Gasteiger partial charge on any atom is 0.416 e. The highest BCUT2D eigenvalue weighted by Gasteiger charge is 2.30. The summed E-state index contributed by atoms with van der Waals surface area (Å²) in [7, 11) is 0. The predicted octanol–water partition coefficient (Wildman–Crippen LogP) is 4.64. The van der Waals surface area contributed by atoms with Crippen molar-refractivity contribution in [2.45, 2.75) is 6.18 Å². The summed E-state index contributed by atoms with van der Waals surface area (Å²) in [6.07, 6.45) is -1.09. The molecule has 0 bridgehead atoms. The number of alkyl halides is 3. The van der Waals surface area contributed by atoms with Gasteiger partial charge in [0.1, 0.15) is 0 Å². The molecule has 0 radical (unpaired) electrons. The van der Waals surface area contributed by atoms with E-state index in [0.29, 0.717) is 5.69 Å². The van der Waals surface area contributed by atoms with Crippen molar-refractivity contribution < 1.29 is 18.0 Å². The number of thiazole rings is 1. The number of halogens is 3. The number of nitrogens with zero attached hydrogens (tertiary/aromatic N) is 3. The SMILES string of the molecule is O=C(CNc1cccc(C(F)(F)F)c1)NN=Cc1c(-c2ccccc2)nc2sccn12. The highest BCUT2D eigenvalue weighted by atomic mass is 32.1. The van der Waals surface area contributed by atoms with Gasteiger partial charge in [-0.3, -0.25) is 9.20 Å². The van der Waals surface area contributed by atoms with Crippen molar-refractivity contribution in [3.05, 3.63) is 77.4 Å². The molecule has 1 amide bonds. The Morgan fingerprint density at radius 3 is 2.74 bits per heavy atom. The maximum atomic E-state index is 12.8. The summed E-state index contributed by atoms with van der Waals surface area (Å²) in [6, 6.07) is 14.2. The van der Waals surface area contributed by atoms with Gasteiger partial charge in [0, 0.05) is 22.8 Å². The number of hydrogen-bond acceptors (Lipinski definition) is 5. The molecule has 0 saturated heterocycles. The molecule has 158 valence electrons. The second-order valence-corrected chi connectivity index (χ2v) is 7.37. The molecule has 0 aliphatic heterocycles. The predicted molar refractivity (Wildman–Crippen MR) is 114 cm³/mol. The zero-order valence-corrected chi connectivity index (χ0v) is 16.7. The van der Waals surface area contributed by atoms with E-state index in [2.05, 4.69) is 20.8 Å². The van der Waals surface area contributed by atoms with Gasteiger partial charge in [-0.25, -0.2) is 10.4 Å². The molecular weight excluding hydrogens is 427 g/mol. The van der Waals surface area contributed by atoms with Crippen molar-refractivity contribution in [3.8, 4) is 11.3 Å². The lowest BCUT2D eigenvalue weighted by atomic mass is 10.1. The topological polar surface area (TPSA) is 70.8 Å². The van der Waals surface area contributed by atoms with Gasteiger partial charge < -0.3 is 5.32 Å². The lowest BCUT2D eigenvalue weighted by Crippen LogP contribution is -2.26. The molecule has 0 atom stereocenters. The zero-order valence-electron chi connectivity index (χ0n) is 15.9. The van der Waals surface area contributed by atoms with E-state index in [1.807, 2.05) is 46.3 Å². The fourth-order valence-corrected chi connectivity index (χ4v) is 3.65. The van der Waals surface area contributed by atoms with Gasteiger partial charge in [-0.1, -0.05) is 36.4 Å². The Morgan fingerprint density at radius 2 is 1.97 bits per heavy atom. The molecule has 0 aliphatic rings. The minimum Gasteiger partial charge on any atom is -0.376 e. The molecule has 2 heterocycles. The molecule has 31 heavy (non-hydrogen) atoms. The lowest BCUT2D eigenvalue weighted by molar-refractivity contribution is -0.137. The molecule has 0 aliphatic carbocycles. The Balaban J connectivity index is 1.43. The summed E-state index contributed by atoms with van der Waals surface area (Å²) in [5, 5.41) is 8.55. The van der Waals surface area contributed by atoms with E-state index in [0.717, 1.165) is 28.4 Å². The number of carbonyl (C=O) groups is 1. The van der Waals surface area contributed by atoms with Crippen LogP contribution in [0, 0.1) is 0 Å². The first-order valence-electron chi connectivity index (χ1n) is 9.16. The summed E-state index contributed by atoms with van der Waals surface area (Å²) in [5.74, 6) is -0.499. The number of amides is 1. The molecule has 2 N–H and O–H groups in total. The van der Waals surface area contributed by atoms with Crippen LogP contribution in [0.2, 0.25) is 0 Å². The van der Waals surface area contributed by atoms with Crippen molar-refractivity contribution in [1.29, 1.82) is 0 Å². The van der Waals surface area contributed by atoms with Crippen LogP contribution in [0.3, 0.4) is 0 Å². The van der Waals surface area contributed by atoms with E-state index in [4.69, 9.17) is 0 Å². The Hall–Kier alpha value is -3.66. The Labute approximate surface area is 179 Å². The number of benzene rings is 2. The molecule has 2 aromatic carbocycles. The number of hydrogen-bond donors (Lipinski definition) is 2. The van der Waals surface area contributed by atoms with Crippen molar-refractivity contribution in [2.24, 2.45) is 5.10 Å². The molecule has 4 rings (SSSR count). The minimum atomic E-state index is -4.45. The lowest BCUT2D eigenvalue weighted by Gasteiger charge is -2.10. The average Bonchev–Trinajstić information content (AvgIpc) is 3.35. The van der Waals surface area contributed by atoms with Crippen LogP contribution in [0.4, 0.5) is 18.9 Å². The summed E-state index contributed by atoms with van der Waals surface area (Å²) in [5.41, 5.74) is 4.13. The summed E-state index contributed by atoms with van der Waals surface area (Å²) >= 11 is 1.48. The van der Waals surface area contributed by atoms with Crippen LogP contribution in [0.25, 0.3) is 16.2 Å². The van der Waals surface area contributed by atoms with Crippen molar-refractivity contribution in [3.63, 3.8) is 0 Å². The first kappa shape index (κ1) is 20.6. The van der Waals surface area contributed by atoms with Gasteiger partial charge in [-0.05, 0) is 18.2 Å². The Bertz CT molecular complexity index is 1230. The molecule has 0 fully saturated rings. The first-order valence-corrected chi connectivity index (χ1v) is 10.0. The molecule has 0 spiro atoms. The van der Waals surface area contributed by atoms with Gasteiger partial charge in [0.05, 0.1) is 29.7 Å². The average molecular weight is 443 g/mol. The molecular formula is C21H16F3N5OS. The monoisotopic (exact) mass is 443 g/mol. The van der Waals surface area contributed by atoms with Gasteiger partial charge in [0.2, 0.25) is 0 Å². The van der Waals surface area contributed by atoms with Crippen molar-refractivity contribution >= 4 is 34.1 Å². The van der Waals surface area contributed by atoms with Crippen molar-refractivity contribution in [1.82, 2.24) is 14.8 Å². The van der Waals surface area contributed by atoms with E-state index in [-0.39, 0.29) is 12.2 Å². The molecule has 0 unspecified atom stereocenters. The van der Waals surface area contributed by atoms with Crippen molar-refractivity contribution in [2.75, 3.05) is 11.9 Å². The Morgan fingerprint density at radius 1 is 1.16 bits per heavy atom. The number of anilines is 1. The van der Waals surface area contributed by atoms with Crippen LogP contribution in [-0.2, 0) is 11.0 Å². The number of imidazole rings is 1.